The first-order valence-corrected chi connectivity index (χ1v) is 9.86. The first-order chi connectivity index (χ1) is 14.3. The molecule has 2 aromatic rings. The average molecular weight is 478 g/mol. The van der Waals surface area contributed by atoms with E-state index in [0.29, 0.717) is 34.7 Å². The third-order valence-electron chi connectivity index (χ3n) is 4.90. The van der Waals surface area contributed by atoms with Crippen LogP contribution < -0.4 is 20.1 Å². The molecule has 0 bridgehead atoms. The molecule has 8 nitrogen and oxygen atoms in total. The Labute approximate surface area is 179 Å². The summed E-state index contributed by atoms with van der Waals surface area (Å²) >= 11 is 3.13. The van der Waals surface area contributed by atoms with E-state index >= 15 is 0 Å². The molecule has 1 fully saturated rings. The number of hydrogen-bond donors (Lipinski definition) is 2. The second-order valence-corrected chi connectivity index (χ2v) is 7.89. The number of carbonyl (C=O) groups is 3. The maximum absolute atomic E-state index is 13.9. The summed E-state index contributed by atoms with van der Waals surface area (Å²) in [7, 11) is 0. The number of hydrogen-bond acceptors (Lipinski definition) is 5. The van der Waals surface area contributed by atoms with Crippen LogP contribution in [0.1, 0.15) is 12.5 Å². The van der Waals surface area contributed by atoms with Gasteiger partial charge < -0.3 is 20.1 Å². The lowest BCUT2D eigenvalue weighted by molar-refractivity contribution is -0.133. The molecule has 2 aromatic carbocycles. The Hall–Kier alpha value is -3.14. The molecule has 2 N–H and O–H groups in total. The summed E-state index contributed by atoms with van der Waals surface area (Å²) in [6, 6.07) is 8.37. The molecule has 0 aliphatic carbocycles. The molecular weight excluding hydrogens is 461 g/mol. The van der Waals surface area contributed by atoms with Crippen molar-refractivity contribution in [2.24, 2.45) is 0 Å². The Morgan fingerprint density at radius 1 is 1.20 bits per heavy atom. The van der Waals surface area contributed by atoms with E-state index in [0.717, 1.165) is 4.90 Å². The molecule has 2 aliphatic rings. The highest BCUT2D eigenvalue weighted by atomic mass is 79.9. The average Bonchev–Trinajstić information content (AvgIpc) is 2.94. The predicted octanol–water partition coefficient (Wildman–Crippen LogP) is 2.77. The first-order valence-electron chi connectivity index (χ1n) is 9.07. The first kappa shape index (κ1) is 20.1. The van der Waals surface area contributed by atoms with Gasteiger partial charge in [0, 0.05) is 4.47 Å². The highest BCUT2D eigenvalue weighted by Crippen LogP contribution is 2.36. The molecule has 4 rings (SSSR count). The van der Waals surface area contributed by atoms with E-state index in [4.69, 9.17) is 9.47 Å². The fraction of sp³-hybridized carbons (Fsp3) is 0.250. The minimum Gasteiger partial charge on any atom is -0.486 e. The minimum atomic E-state index is -1.38. The van der Waals surface area contributed by atoms with Crippen molar-refractivity contribution in [1.82, 2.24) is 10.2 Å². The summed E-state index contributed by atoms with van der Waals surface area (Å²) < 4.78 is 25.5. The number of nitrogens with one attached hydrogen (secondary N) is 2. The van der Waals surface area contributed by atoms with E-state index in [2.05, 4.69) is 26.6 Å². The van der Waals surface area contributed by atoms with Gasteiger partial charge in [0.1, 0.15) is 31.1 Å². The number of nitrogens with zero attached hydrogens (tertiary/aromatic N) is 1. The number of amides is 4. The molecule has 1 unspecified atom stereocenters. The van der Waals surface area contributed by atoms with Crippen LogP contribution in [0.3, 0.4) is 0 Å². The Morgan fingerprint density at radius 3 is 2.67 bits per heavy atom. The smallest absolute Gasteiger partial charge is 0.325 e. The van der Waals surface area contributed by atoms with E-state index in [9.17, 15) is 18.8 Å². The molecule has 2 heterocycles. The van der Waals surface area contributed by atoms with Crippen molar-refractivity contribution < 1.29 is 28.2 Å². The number of benzene rings is 2. The van der Waals surface area contributed by atoms with Gasteiger partial charge >= 0.3 is 6.03 Å². The van der Waals surface area contributed by atoms with Crippen LogP contribution in [0.15, 0.2) is 40.9 Å². The maximum atomic E-state index is 13.9. The van der Waals surface area contributed by atoms with Gasteiger partial charge in [-0.05, 0) is 42.8 Å². The van der Waals surface area contributed by atoms with Gasteiger partial charge in [0.2, 0.25) is 5.91 Å². The lowest BCUT2D eigenvalue weighted by Crippen LogP contribution is -2.42. The fourth-order valence-corrected chi connectivity index (χ4v) is 3.65. The van der Waals surface area contributed by atoms with Crippen LogP contribution in [0.2, 0.25) is 0 Å². The highest BCUT2D eigenvalue weighted by molar-refractivity contribution is 9.10. The zero-order valence-corrected chi connectivity index (χ0v) is 17.4. The second-order valence-electron chi connectivity index (χ2n) is 6.98. The van der Waals surface area contributed by atoms with Crippen molar-refractivity contribution in [3.8, 4) is 11.5 Å². The molecule has 0 saturated carbocycles. The summed E-state index contributed by atoms with van der Waals surface area (Å²) in [5.41, 5.74) is -0.937. The van der Waals surface area contributed by atoms with E-state index in [-0.39, 0.29) is 5.69 Å². The number of carbonyl (C=O) groups excluding carboxylic acids is 3. The number of fused-ring (bicyclic) bond motifs is 1. The molecule has 10 heteroatoms. The Morgan fingerprint density at radius 2 is 1.93 bits per heavy atom. The van der Waals surface area contributed by atoms with Crippen LogP contribution in [-0.2, 0) is 15.1 Å². The predicted molar refractivity (Wildman–Crippen MR) is 108 cm³/mol. The summed E-state index contributed by atoms with van der Waals surface area (Å²) in [6.07, 6.45) is 0. The van der Waals surface area contributed by atoms with Gasteiger partial charge in [0.05, 0.1) is 5.69 Å². The van der Waals surface area contributed by atoms with Crippen molar-refractivity contribution in [3.63, 3.8) is 0 Å². The van der Waals surface area contributed by atoms with Gasteiger partial charge in [-0.3, -0.25) is 14.5 Å². The van der Waals surface area contributed by atoms with Crippen molar-refractivity contribution in [3.05, 3.63) is 52.3 Å². The largest absolute Gasteiger partial charge is 0.486 e. The Kier molecular flexibility index (Phi) is 5.10. The molecule has 0 spiro atoms. The Bertz CT molecular complexity index is 1060. The third kappa shape index (κ3) is 3.58. The zero-order valence-electron chi connectivity index (χ0n) is 15.8. The van der Waals surface area contributed by atoms with Gasteiger partial charge in [-0.15, -0.1) is 0 Å². The minimum absolute atomic E-state index is 0.0511. The van der Waals surface area contributed by atoms with E-state index in [1.54, 1.807) is 31.2 Å². The van der Waals surface area contributed by atoms with Crippen LogP contribution in [0, 0.1) is 5.82 Å². The van der Waals surface area contributed by atoms with Crippen LogP contribution >= 0.6 is 15.9 Å². The normalized spacial score (nSPS) is 20.2. The lowest BCUT2D eigenvalue weighted by Gasteiger charge is -2.25. The number of ether oxygens (including phenoxy) is 2. The SMILES string of the molecule is CC1(c2ccc3c(c2)OCCO3)NC(=O)N(CC(=O)Nc2ccc(Br)cc2F)C1=O. The van der Waals surface area contributed by atoms with E-state index in [1.165, 1.54) is 12.1 Å². The number of rotatable bonds is 4. The summed E-state index contributed by atoms with van der Waals surface area (Å²) in [5.74, 6) is -0.917. The molecule has 156 valence electrons. The molecule has 4 amide bonds. The van der Waals surface area contributed by atoms with Crippen LogP contribution in [0.5, 0.6) is 11.5 Å². The van der Waals surface area contributed by atoms with Gasteiger partial charge in [0.25, 0.3) is 5.91 Å². The zero-order chi connectivity index (χ0) is 21.5. The van der Waals surface area contributed by atoms with E-state index in [1.807, 2.05) is 0 Å². The molecule has 30 heavy (non-hydrogen) atoms. The fourth-order valence-electron chi connectivity index (χ4n) is 3.31. The van der Waals surface area contributed by atoms with Gasteiger partial charge in [-0.1, -0.05) is 22.0 Å². The lowest BCUT2D eigenvalue weighted by atomic mass is 9.91. The number of imide groups is 1. The van der Waals surface area contributed by atoms with Gasteiger partial charge in [-0.25, -0.2) is 9.18 Å². The van der Waals surface area contributed by atoms with Crippen LogP contribution in [-0.4, -0.2) is 42.5 Å². The molecule has 1 atom stereocenters. The van der Waals surface area contributed by atoms with Crippen molar-refractivity contribution in [2.45, 2.75) is 12.5 Å². The van der Waals surface area contributed by atoms with E-state index < -0.39 is 35.7 Å². The quantitative estimate of drug-likeness (QED) is 0.659. The molecule has 0 aromatic heterocycles. The van der Waals surface area contributed by atoms with Gasteiger partial charge in [0.15, 0.2) is 11.5 Å². The Balaban J connectivity index is 1.51. The monoisotopic (exact) mass is 477 g/mol. The number of urea groups is 1. The van der Waals surface area contributed by atoms with Crippen LogP contribution in [0.25, 0.3) is 0 Å². The molecule has 2 aliphatic heterocycles. The topological polar surface area (TPSA) is 97.0 Å². The molecule has 1 saturated heterocycles. The van der Waals surface area contributed by atoms with Gasteiger partial charge in [-0.2, -0.15) is 0 Å². The summed E-state index contributed by atoms with van der Waals surface area (Å²) in [4.78, 5) is 38.6. The maximum Gasteiger partial charge on any atom is 0.325 e. The van der Waals surface area contributed by atoms with Crippen molar-refractivity contribution in [2.75, 3.05) is 25.1 Å². The molecule has 0 radical (unpaired) electrons. The summed E-state index contributed by atoms with van der Waals surface area (Å²) in [6.45, 7) is 1.80. The van der Waals surface area contributed by atoms with Crippen molar-refractivity contribution in [1.29, 1.82) is 0 Å². The standard InChI is InChI=1S/C20H17BrFN3O5/c1-20(11-2-5-15-16(8-11)30-7-6-29-15)18(27)25(19(28)24-20)10-17(26)23-14-4-3-12(21)9-13(14)22/h2-5,8-9H,6-7,10H2,1H3,(H,23,26)(H,24,28). The number of halogens is 2. The third-order valence-corrected chi connectivity index (χ3v) is 5.39. The van der Waals surface area contributed by atoms with Crippen LogP contribution in [0.4, 0.5) is 14.9 Å². The van der Waals surface area contributed by atoms with Crippen molar-refractivity contribution >= 4 is 39.5 Å². The summed E-state index contributed by atoms with van der Waals surface area (Å²) in [5, 5.41) is 4.99. The highest BCUT2D eigenvalue weighted by Gasteiger charge is 2.49. The number of anilines is 1. The molecular formula is C20H17BrFN3O5. The second kappa shape index (κ2) is 7.60.